The normalized spacial score (nSPS) is 12.1. The highest BCUT2D eigenvalue weighted by atomic mass is 32.1. The molecule has 25 heavy (non-hydrogen) atoms. The number of carbonyl (C=O) groups is 1. The van der Waals surface area contributed by atoms with Gasteiger partial charge in [0.25, 0.3) is 0 Å². The number of likely N-dealkylation sites (N-methyl/N-ethyl adjacent to an activating group) is 1. The van der Waals surface area contributed by atoms with Crippen LogP contribution in [0.25, 0.3) is 0 Å². The predicted octanol–water partition coefficient (Wildman–Crippen LogP) is 1.92. The monoisotopic (exact) mass is 355 g/mol. The van der Waals surface area contributed by atoms with E-state index >= 15 is 0 Å². The van der Waals surface area contributed by atoms with E-state index < -0.39 is 6.04 Å². The molecule has 0 radical (unpaired) electrons. The first kappa shape index (κ1) is 17.3. The molecule has 7 heteroatoms. The number of nitrogens with zero attached hydrogens (tertiary/aromatic N) is 4. The summed E-state index contributed by atoms with van der Waals surface area (Å²) in [5.74, 6) is -0.106. The van der Waals surface area contributed by atoms with Gasteiger partial charge in [-0.1, -0.05) is 30.3 Å². The minimum Gasteiger partial charge on any atom is -0.338 e. The summed E-state index contributed by atoms with van der Waals surface area (Å²) in [5, 5.41) is 1.93. The average Bonchev–Trinajstić information content (AvgIpc) is 3.27. The molecular formula is C18H21N5OS. The fraction of sp³-hybridized carbons (Fsp3) is 0.278. The molecule has 1 amide bonds. The highest BCUT2D eigenvalue weighted by Gasteiger charge is 2.20. The third-order valence-electron chi connectivity index (χ3n) is 3.90. The molecule has 0 aliphatic heterocycles. The number of amides is 1. The Kier molecular flexibility index (Phi) is 5.57. The van der Waals surface area contributed by atoms with Gasteiger partial charge in [0.05, 0.1) is 35.8 Å². The summed E-state index contributed by atoms with van der Waals surface area (Å²) in [4.78, 5) is 22.6. The van der Waals surface area contributed by atoms with Gasteiger partial charge in [0.2, 0.25) is 5.91 Å². The van der Waals surface area contributed by atoms with Crippen LogP contribution in [-0.2, 0) is 24.3 Å². The van der Waals surface area contributed by atoms with E-state index in [1.165, 1.54) is 16.9 Å². The van der Waals surface area contributed by atoms with E-state index in [0.29, 0.717) is 13.0 Å². The van der Waals surface area contributed by atoms with Gasteiger partial charge in [0.15, 0.2) is 0 Å². The number of hydrogen-bond acceptors (Lipinski definition) is 5. The minimum absolute atomic E-state index is 0.106. The summed E-state index contributed by atoms with van der Waals surface area (Å²) >= 11 is 1.51. The second-order valence-corrected chi connectivity index (χ2v) is 6.73. The van der Waals surface area contributed by atoms with Crippen LogP contribution >= 0.6 is 11.3 Å². The molecule has 0 bridgehead atoms. The molecule has 0 aliphatic rings. The molecule has 0 aliphatic carbocycles. The molecule has 3 aromatic rings. The van der Waals surface area contributed by atoms with Crippen LogP contribution in [0.1, 0.15) is 17.0 Å². The number of rotatable bonds is 7. The van der Waals surface area contributed by atoms with E-state index in [2.05, 4.69) is 22.1 Å². The standard InChI is InChI=1S/C18H21N5OS/c1-22(9-16-11-25-13-21-16)18(24)17(19)7-15-10-23(12-20-15)8-14-5-3-2-4-6-14/h2-6,10-13,17H,7-9,19H2,1H3/t17-/m0/s1. The first-order chi connectivity index (χ1) is 12.1. The Balaban J connectivity index is 1.55. The average molecular weight is 355 g/mol. The zero-order valence-corrected chi connectivity index (χ0v) is 14.9. The van der Waals surface area contributed by atoms with Crippen LogP contribution in [-0.4, -0.2) is 38.4 Å². The summed E-state index contributed by atoms with van der Waals surface area (Å²) in [6, 6.07) is 9.56. The molecule has 3 rings (SSSR count). The summed E-state index contributed by atoms with van der Waals surface area (Å²) in [6.45, 7) is 1.22. The zero-order valence-electron chi connectivity index (χ0n) is 14.1. The number of aromatic nitrogens is 3. The predicted molar refractivity (Wildman–Crippen MR) is 98.0 cm³/mol. The Morgan fingerprint density at radius 2 is 2.08 bits per heavy atom. The van der Waals surface area contributed by atoms with Gasteiger partial charge in [0, 0.05) is 31.6 Å². The van der Waals surface area contributed by atoms with Crippen molar-refractivity contribution in [3.8, 4) is 0 Å². The van der Waals surface area contributed by atoms with E-state index in [1.54, 1.807) is 23.8 Å². The number of benzene rings is 1. The van der Waals surface area contributed by atoms with Crippen molar-refractivity contribution < 1.29 is 4.79 Å². The molecule has 0 unspecified atom stereocenters. The topological polar surface area (TPSA) is 77.0 Å². The van der Waals surface area contributed by atoms with Crippen molar-refractivity contribution >= 4 is 17.2 Å². The highest BCUT2D eigenvalue weighted by Crippen LogP contribution is 2.08. The Hall–Kier alpha value is -2.51. The van der Waals surface area contributed by atoms with Crippen LogP contribution < -0.4 is 5.73 Å². The molecule has 130 valence electrons. The molecular weight excluding hydrogens is 334 g/mol. The number of nitrogens with two attached hydrogens (primary N) is 1. The van der Waals surface area contributed by atoms with Gasteiger partial charge in [0.1, 0.15) is 0 Å². The molecule has 6 nitrogen and oxygen atoms in total. The number of thiazole rings is 1. The summed E-state index contributed by atoms with van der Waals surface area (Å²) in [6.07, 6.45) is 4.14. The largest absolute Gasteiger partial charge is 0.338 e. The van der Waals surface area contributed by atoms with Crippen molar-refractivity contribution in [1.82, 2.24) is 19.4 Å². The van der Waals surface area contributed by atoms with Crippen LogP contribution in [0.5, 0.6) is 0 Å². The summed E-state index contributed by atoms with van der Waals surface area (Å²) < 4.78 is 2.00. The molecule has 0 saturated heterocycles. The number of imidazole rings is 1. The van der Waals surface area contributed by atoms with Gasteiger partial charge in [-0.3, -0.25) is 4.79 Å². The maximum absolute atomic E-state index is 12.4. The van der Waals surface area contributed by atoms with Crippen LogP contribution in [0.15, 0.2) is 53.7 Å². The molecule has 1 atom stereocenters. The molecule has 2 heterocycles. The Morgan fingerprint density at radius 3 is 2.80 bits per heavy atom. The SMILES string of the molecule is CN(Cc1cscn1)C(=O)[C@@H](N)Cc1cn(Cc2ccccc2)cn1. The molecule has 2 N–H and O–H groups in total. The van der Waals surface area contributed by atoms with Gasteiger partial charge in [-0.15, -0.1) is 11.3 Å². The first-order valence-corrected chi connectivity index (χ1v) is 8.98. The Morgan fingerprint density at radius 1 is 1.28 bits per heavy atom. The van der Waals surface area contributed by atoms with Gasteiger partial charge in [-0.05, 0) is 5.56 Å². The summed E-state index contributed by atoms with van der Waals surface area (Å²) in [5.41, 5.74) is 10.7. The van der Waals surface area contributed by atoms with E-state index in [9.17, 15) is 4.79 Å². The lowest BCUT2D eigenvalue weighted by atomic mass is 10.1. The number of carbonyl (C=O) groups excluding carboxylic acids is 1. The van der Waals surface area contributed by atoms with E-state index in [-0.39, 0.29) is 5.91 Å². The maximum atomic E-state index is 12.4. The van der Waals surface area contributed by atoms with Gasteiger partial charge in [-0.2, -0.15) is 0 Å². The van der Waals surface area contributed by atoms with Crippen LogP contribution in [0.2, 0.25) is 0 Å². The van der Waals surface area contributed by atoms with E-state index in [0.717, 1.165) is 17.9 Å². The molecule has 0 saturated carbocycles. The maximum Gasteiger partial charge on any atom is 0.239 e. The number of hydrogen-bond donors (Lipinski definition) is 1. The lowest BCUT2D eigenvalue weighted by Crippen LogP contribution is -2.42. The van der Waals surface area contributed by atoms with Crippen molar-refractivity contribution in [2.24, 2.45) is 5.73 Å². The second-order valence-electron chi connectivity index (χ2n) is 6.01. The lowest BCUT2D eigenvalue weighted by molar-refractivity contribution is -0.131. The van der Waals surface area contributed by atoms with Crippen LogP contribution in [0, 0.1) is 0 Å². The fourth-order valence-electron chi connectivity index (χ4n) is 2.62. The van der Waals surface area contributed by atoms with Crippen molar-refractivity contribution in [1.29, 1.82) is 0 Å². The third kappa shape index (κ3) is 4.74. The Bertz CT molecular complexity index is 800. The van der Waals surface area contributed by atoms with E-state index in [4.69, 9.17) is 5.73 Å². The van der Waals surface area contributed by atoms with Gasteiger partial charge >= 0.3 is 0 Å². The molecule has 2 aromatic heterocycles. The van der Waals surface area contributed by atoms with Crippen molar-refractivity contribution in [3.63, 3.8) is 0 Å². The van der Waals surface area contributed by atoms with Gasteiger partial charge in [-0.25, -0.2) is 9.97 Å². The quantitative estimate of drug-likeness (QED) is 0.702. The van der Waals surface area contributed by atoms with Crippen molar-refractivity contribution in [2.45, 2.75) is 25.6 Å². The van der Waals surface area contributed by atoms with Crippen molar-refractivity contribution in [2.75, 3.05) is 7.05 Å². The molecule has 0 fully saturated rings. The molecule has 0 spiro atoms. The lowest BCUT2D eigenvalue weighted by Gasteiger charge is -2.20. The molecule has 1 aromatic carbocycles. The van der Waals surface area contributed by atoms with Crippen LogP contribution in [0.3, 0.4) is 0 Å². The van der Waals surface area contributed by atoms with Crippen LogP contribution in [0.4, 0.5) is 0 Å². The van der Waals surface area contributed by atoms with E-state index in [1.807, 2.05) is 34.3 Å². The zero-order chi connectivity index (χ0) is 17.6. The minimum atomic E-state index is -0.608. The highest BCUT2D eigenvalue weighted by molar-refractivity contribution is 7.07. The fourth-order valence-corrected chi connectivity index (χ4v) is 3.17. The first-order valence-electron chi connectivity index (χ1n) is 8.04. The Labute approximate surface area is 150 Å². The summed E-state index contributed by atoms with van der Waals surface area (Å²) in [7, 11) is 1.75. The smallest absolute Gasteiger partial charge is 0.239 e. The van der Waals surface area contributed by atoms with Crippen molar-refractivity contribution in [3.05, 3.63) is 70.7 Å². The van der Waals surface area contributed by atoms with Gasteiger partial charge < -0.3 is 15.2 Å². The third-order valence-corrected chi connectivity index (χ3v) is 4.54. The second kappa shape index (κ2) is 8.04.